The summed E-state index contributed by atoms with van der Waals surface area (Å²) in [6.45, 7) is 4.72. The second-order valence-electron chi connectivity index (χ2n) is 16.4. The molecule has 0 aliphatic heterocycles. The van der Waals surface area contributed by atoms with Crippen molar-refractivity contribution >= 4 is 17.1 Å². The van der Waals surface area contributed by atoms with Crippen molar-refractivity contribution in [2.45, 2.75) is 24.7 Å². The maximum absolute atomic E-state index is 2.48. The molecular formula is C58H43N. The van der Waals surface area contributed by atoms with E-state index in [1.54, 1.807) is 0 Å². The Hall–Kier alpha value is -7.22. The Morgan fingerprint density at radius 1 is 0.322 bits per heavy atom. The molecule has 0 saturated carbocycles. The molecule has 0 amide bonds. The summed E-state index contributed by atoms with van der Waals surface area (Å²) in [6.07, 6.45) is 0. The lowest BCUT2D eigenvalue weighted by Gasteiger charge is -2.35. The summed E-state index contributed by atoms with van der Waals surface area (Å²) in [6, 6.07) is 83.0. The van der Waals surface area contributed by atoms with Crippen LogP contribution in [0, 0.1) is 0 Å². The van der Waals surface area contributed by atoms with E-state index in [4.69, 9.17) is 0 Å². The van der Waals surface area contributed by atoms with Crippen LogP contribution in [0.5, 0.6) is 0 Å². The number of hydrogen-bond acceptors (Lipinski definition) is 1. The lowest BCUT2D eigenvalue weighted by molar-refractivity contribution is 0.660. The first-order chi connectivity index (χ1) is 29.0. The van der Waals surface area contributed by atoms with Crippen LogP contribution in [0.1, 0.15) is 47.2 Å². The molecule has 2 aliphatic rings. The van der Waals surface area contributed by atoms with Gasteiger partial charge in [-0.15, -0.1) is 0 Å². The lowest BCUT2D eigenvalue weighted by Crippen LogP contribution is -2.28. The van der Waals surface area contributed by atoms with E-state index >= 15 is 0 Å². The highest BCUT2D eigenvalue weighted by Crippen LogP contribution is 2.57. The van der Waals surface area contributed by atoms with Crippen LogP contribution in [0.15, 0.2) is 224 Å². The maximum Gasteiger partial charge on any atom is 0.0714 e. The fourth-order valence-electron chi connectivity index (χ4n) is 10.3. The average molecular weight is 754 g/mol. The van der Waals surface area contributed by atoms with Crippen molar-refractivity contribution in [3.63, 3.8) is 0 Å². The van der Waals surface area contributed by atoms with Crippen LogP contribution in [-0.2, 0) is 10.8 Å². The first kappa shape index (κ1) is 35.0. The third-order valence-electron chi connectivity index (χ3n) is 13.0. The smallest absolute Gasteiger partial charge is 0.0714 e. The SMILES string of the molecule is CC1(C)c2ccccc2-c2c(-c3ccccc3N(c3ccc(-c4ccccc4)cc3)c3cccc(C4(c5ccccc5)c5ccccc5-c5ccccc54)c3)cccc21. The van der Waals surface area contributed by atoms with Gasteiger partial charge in [0.25, 0.3) is 0 Å². The van der Waals surface area contributed by atoms with Crippen LogP contribution in [0.4, 0.5) is 17.1 Å². The Labute approximate surface area is 347 Å². The van der Waals surface area contributed by atoms with Gasteiger partial charge in [-0.25, -0.2) is 0 Å². The van der Waals surface area contributed by atoms with Crippen molar-refractivity contribution in [3.8, 4) is 44.5 Å². The highest BCUT2D eigenvalue weighted by Gasteiger charge is 2.46. The van der Waals surface area contributed by atoms with Gasteiger partial charge in [0, 0.05) is 22.4 Å². The lowest BCUT2D eigenvalue weighted by atomic mass is 9.67. The standard InChI is InChI=1S/C58H43N/c1-57(2)51-30-13-11-28-50(51)56-49(29-18-33-54(56)57)48-27-12-16-34-55(48)59(44-37-35-41(36-38-44)40-19-5-3-6-20-40)45-24-17-23-43(39-45)58(42-21-7-4-8-22-42)52-31-14-9-25-46(52)47-26-10-15-32-53(47)58/h3-39H,1-2H3. The van der Waals surface area contributed by atoms with Crippen LogP contribution < -0.4 is 4.90 Å². The van der Waals surface area contributed by atoms with Crippen molar-refractivity contribution < 1.29 is 0 Å². The van der Waals surface area contributed by atoms with Crippen molar-refractivity contribution in [2.24, 2.45) is 0 Å². The Morgan fingerprint density at radius 3 is 1.51 bits per heavy atom. The van der Waals surface area contributed by atoms with Gasteiger partial charge in [0.05, 0.1) is 11.1 Å². The molecule has 1 nitrogen and oxygen atoms in total. The normalized spacial score (nSPS) is 13.9. The van der Waals surface area contributed by atoms with Gasteiger partial charge in [0.1, 0.15) is 0 Å². The number of hydrogen-bond donors (Lipinski definition) is 0. The van der Waals surface area contributed by atoms with E-state index in [-0.39, 0.29) is 5.41 Å². The highest BCUT2D eigenvalue weighted by molar-refractivity contribution is 5.98. The molecule has 0 spiro atoms. The van der Waals surface area contributed by atoms with Crippen molar-refractivity contribution in [2.75, 3.05) is 4.90 Å². The summed E-state index contributed by atoms with van der Waals surface area (Å²) in [5.74, 6) is 0. The number of fused-ring (bicyclic) bond motifs is 6. The monoisotopic (exact) mass is 753 g/mol. The van der Waals surface area contributed by atoms with Gasteiger partial charge >= 0.3 is 0 Å². The van der Waals surface area contributed by atoms with Gasteiger partial charge in [0.2, 0.25) is 0 Å². The second-order valence-corrected chi connectivity index (χ2v) is 16.4. The van der Waals surface area contributed by atoms with Gasteiger partial charge in [-0.1, -0.05) is 208 Å². The number of anilines is 3. The van der Waals surface area contributed by atoms with E-state index in [1.807, 2.05) is 0 Å². The molecule has 280 valence electrons. The summed E-state index contributed by atoms with van der Waals surface area (Å²) in [4.78, 5) is 2.48. The van der Waals surface area contributed by atoms with Gasteiger partial charge in [0.15, 0.2) is 0 Å². The number of nitrogens with zero attached hydrogens (tertiary/aromatic N) is 1. The first-order valence-electron chi connectivity index (χ1n) is 20.7. The summed E-state index contributed by atoms with van der Waals surface area (Å²) in [5, 5.41) is 0. The Bertz CT molecular complexity index is 2970. The molecule has 1 heteroatoms. The molecule has 9 aromatic rings. The summed E-state index contributed by atoms with van der Waals surface area (Å²) < 4.78 is 0. The van der Waals surface area contributed by atoms with Gasteiger partial charge in [-0.3, -0.25) is 0 Å². The quantitative estimate of drug-likeness (QED) is 0.157. The Balaban J connectivity index is 1.16. The molecule has 9 aromatic carbocycles. The van der Waals surface area contributed by atoms with Crippen molar-refractivity contribution in [3.05, 3.63) is 258 Å². The van der Waals surface area contributed by atoms with E-state index < -0.39 is 5.41 Å². The molecule has 0 aromatic heterocycles. The molecule has 0 heterocycles. The van der Waals surface area contributed by atoms with Crippen LogP contribution >= 0.6 is 0 Å². The second kappa shape index (κ2) is 13.7. The maximum atomic E-state index is 2.48. The predicted octanol–water partition coefficient (Wildman–Crippen LogP) is 15.2. The molecule has 0 saturated heterocycles. The van der Waals surface area contributed by atoms with Crippen LogP contribution in [0.3, 0.4) is 0 Å². The zero-order chi connectivity index (χ0) is 39.6. The van der Waals surface area contributed by atoms with Crippen LogP contribution in [0.2, 0.25) is 0 Å². The third kappa shape index (κ3) is 5.31. The van der Waals surface area contributed by atoms with Crippen LogP contribution in [-0.4, -0.2) is 0 Å². The summed E-state index contributed by atoms with van der Waals surface area (Å²) in [7, 11) is 0. The fraction of sp³-hybridized carbons (Fsp3) is 0.0690. The molecule has 11 rings (SSSR count). The third-order valence-corrected chi connectivity index (χ3v) is 13.0. The van der Waals surface area contributed by atoms with E-state index in [0.717, 1.165) is 17.1 Å². The summed E-state index contributed by atoms with van der Waals surface area (Å²) >= 11 is 0. The molecule has 2 aliphatic carbocycles. The molecule has 0 radical (unpaired) electrons. The van der Waals surface area contributed by atoms with E-state index in [2.05, 4.69) is 243 Å². The molecular weight excluding hydrogens is 711 g/mol. The minimum atomic E-state index is -0.512. The predicted molar refractivity (Wildman–Crippen MR) is 247 cm³/mol. The van der Waals surface area contributed by atoms with Crippen LogP contribution in [0.25, 0.3) is 44.5 Å². The van der Waals surface area contributed by atoms with Gasteiger partial charge in [-0.2, -0.15) is 0 Å². The summed E-state index contributed by atoms with van der Waals surface area (Å²) in [5.41, 5.74) is 20.7. The minimum Gasteiger partial charge on any atom is -0.310 e. The zero-order valence-electron chi connectivity index (χ0n) is 33.3. The Morgan fingerprint density at radius 2 is 0.814 bits per heavy atom. The molecule has 0 atom stereocenters. The molecule has 0 bridgehead atoms. The molecule has 0 N–H and O–H groups in total. The fourth-order valence-corrected chi connectivity index (χ4v) is 10.3. The number of benzene rings is 9. The van der Waals surface area contributed by atoms with Crippen molar-refractivity contribution in [1.82, 2.24) is 0 Å². The highest BCUT2D eigenvalue weighted by atomic mass is 15.1. The largest absolute Gasteiger partial charge is 0.310 e. The number of rotatable bonds is 7. The zero-order valence-corrected chi connectivity index (χ0v) is 33.3. The average Bonchev–Trinajstić information content (AvgIpc) is 3.74. The minimum absolute atomic E-state index is 0.0994. The topological polar surface area (TPSA) is 3.24 Å². The first-order valence-corrected chi connectivity index (χ1v) is 20.7. The van der Waals surface area contributed by atoms with Crippen molar-refractivity contribution in [1.29, 1.82) is 0 Å². The van der Waals surface area contributed by atoms with E-state index in [0.29, 0.717) is 0 Å². The number of para-hydroxylation sites is 1. The van der Waals surface area contributed by atoms with E-state index in [1.165, 1.54) is 77.9 Å². The molecule has 0 unspecified atom stereocenters. The van der Waals surface area contributed by atoms with Gasteiger partial charge in [-0.05, 0) is 103 Å². The Kier molecular flexibility index (Phi) is 8.13. The van der Waals surface area contributed by atoms with Gasteiger partial charge < -0.3 is 4.90 Å². The molecule has 0 fully saturated rings. The van der Waals surface area contributed by atoms with E-state index in [9.17, 15) is 0 Å². The molecule has 59 heavy (non-hydrogen) atoms.